The molecule has 0 bridgehead atoms. The van der Waals surface area contributed by atoms with Crippen molar-refractivity contribution in [3.63, 3.8) is 0 Å². The Labute approximate surface area is 134 Å². The van der Waals surface area contributed by atoms with E-state index in [9.17, 15) is 9.59 Å². The zero-order valence-electron chi connectivity index (χ0n) is 13.0. The lowest BCUT2D eigenvalue weighted by molar-refractivity contribution is 0.0951. The second kappa shape index (κ2) is 8.68. The molecule has 2 heterocycles. The number of amides is 1. The zero-order chi connectivity index (χ0) is 15.8. The molecule has 0 radical (unpaired) electrons. The van der Waals surface area contributed by atoms with Crippen LogP contribution in [0, 0.1) is 0 Å². The molecule has 22 heavy (non-hydrogen) atoms. The summed E-state index contributed by atoms with van der Waals surface area (Å²) in [5.41, 5.74) is -0.192. The number of thiazole rings is 1. The van der Waals surface area contributed by atoms with Crippen molar-refractivity contribution in [3.05, 3.63) is 33.7 Å². The summed E-state index contributed by atoms with van der Waals surface area (Å²) in [4.78, 5) is 28.9. The van der Waals surface area contributed by atoms with E-state index < -0.39 is 0 Å². The molecule has 0 spiro atoms. The lowest BCUT2D eigenvalue weighted by Crippen LogP contribution is -2.31. The first-order valence-electron chi connectivity index (χ1n) is 7.97. The zero-order valence-corrected chi connectivity index (χ0v) is 13.8. The van der Waals surface area contributed by atoms with Crippen molar-refractivity contribution in [1.82, 2.24) is 14.7 Å². The molecule has 2 aromatic rings. The molecule has 0 saturated heterocycles. The number of fused-ring (bicyclic) bond motifs is 1. The minimum Gasteiger partial charge on any atom is -0.352 e. The number of unbranched alkanes of at least 4 members (excludes halogenated alkanes) is 6. The van der Waals surface area contributed by atoms with Crippen LogP contribution < -0.4 is 10.9 Å². The molecule has 2 rings (SSSR count). The minimum absolute atomic E-state index is 0.110. The molecule has 0 unspecified atom stereocenters. The molecular weight excluding hydrogens is 298 g/mol. The Morgan fingerprint density at radius 3 is 2.73 bits per heavy atom. The maximum Gasteiger partial charge on any atom is 0.271 e. The largest absolute Gasteiger partial charge is 0.352 e. The molecular formula is C16H23N3O2S. The smallest absolute Gasteiger partial charge is 0.271 e. The van der Waals surface area contributed by atoms with Gasteiger partial charge < -0.3 is 5.32 Å². The van der Waals surface area contributed by atoms with E-state index in [-0.39, 0.29) is 17.0 Å². The first-order chi connectivity index (χ1) is 10.7. The molecule has 120 valence electrons. The number of carbonyl (C=O) groups excluding carboxylic acids is 1. The second-order valence-corrected chi connectivity index (χ2v) is 6.28. The van der Waals surface area contributed by atoms with Gasteiger partial charge >= 0.3 is 0 Å². The van der Waals surface area contributed by atoms with Crippen LogP contribution in [0.15, 0.2) is 22.6 Å². The summed E-state index contributed by atoms with van der Waals surface area (Å²) in [5, 5.41) is 4.59. The van der Waals surface area contributed by atoms with Gasteiger partial charge in [0, 0.05) is 24.3 Å². The molecule has 6 heteroatoms. The Hall–Kier alpha value is -1.69. The average molecular weight is 321 g/mol. The number of nitrogens with one attached hydrogen (secondary N) is 1. The molecule has 0 aliphatic heterocycles. The van der Waals surface area contributed by atoms with Crippen molar-refractivity contribution in [2.45, 2.75) is 51.9 Å². The van der Waals surface area contributed by atoms with E-state index in [2.05, 4.69) is 17.2 Å². The molecule has 0 fully saturated rings. The number of aromatic nitrogens is 2. The summed E-state index contributed by atoms with van der Waals surface area (Å²) in [7, 11) is 0. The fourth-order valence-electron chi connectivity index (χ4n) is 2.36. The van der Waals surface area contributed by atoms with Gasteiger partial charge in [0.05, 0.1) is 0 Å². The highest BCUT2D eigenvalue weighted by molar-refractivity contribution is 7.15. The lowest BCUT2D eigenvalue weighted by Gasteiger charge is -2.05. The van der Waals surface area contributed by atoms with Gasteiger partial charge in [0.1, 0.15) is 5.56 Å². The van der Waals surface area contributed by atoms with Gasteiger partial charge in [0.15, 0.2) is 4.96 Å². The van der Waals surface area contributed by atoms with E-state index in [4.69, 9.17) is 0 Å². The van der Waals surface area contributed by atoms with Gasteiger partial charge in [-0.05, 0) is 6.42 Å². The number of hydrogen-bond acceptors (Lipinski definition) is 4. The quantitative estimate of drug-likeness (QED) is 0.721. The fourth-order valence-corrected chi connectivity index (χ4v) is 3.03. The van der Waals surface area contributed by atoms with E-state index in [1.54, 1.807) is 11.6 Å². The van der Waals surface area contributed by atoms with Crippen LogP contribution in [0.1, 0.15) is 62.2 Å². The summed E-state index contributed by atoms with van der Waals surface area (Å²) in [6.45, 7) is 2.82. The van der Waals surface area contributed by atoms with Crippen molar-refractivity contribution < 1.29 is 4.79 Å². The standard InChI is InChI=1S/C16H23N3O2S/c1-2-3-4-5-6-7-8-9-17-14(20)13-12-18-16-19(15(13)21)10-11-22-16/h10-12H,2-9H2,1H3,(H,17,20). The van der Waals surface area contributed by atoms with Gasteiger partial charge in [-0.2, -0.15) is 0 Å². The molecule has 5 nitrogen and oxygen atoms in total. The van der Waals surface area contributed by atoms with E-state index >= 15 is 0 Å². The monoisotopic (exact) mass is 321 g/mol. The average Bonchev–Trinajstić information content (AvgIpc) is 2.99. The number of hydrogen-bond donors (Lipinski definition) is 1. The number of nitrogens with zero attached hydrogens (tertiary/aromatic N) is 2. The van der Waals surface area contributed by atoms with Crippen molar-refractivity contribution in [3.8, 4) is 0 Å². The van der Waals surface area contributed by atoms with Crippen LogP contribution >= 0.6 is 11.3 Å². The molecule has 1 N–H and O–H groups in total. The number of carbonyl (C=O) groups is 1. The molecule has 1 amide bonds. The van der Waals surface area contributed by atoms with Gasteiger partial charge in [-0.3, -0.25) is 14.0 Å². The fraction of sp³-hybridized carbons (Fsp3) is 0.562. The van der Waals surface area contributed by atoms with Crippen LogP contribution in [-0.4, -0.2) is 21.8 Å². The van der Waals surface area contributed by atoms with Gasteiger partial charge in [-0.1, -0.05) is 45.4 Å². The van der Waals surface area contributed by atoms with Crippen molar-refractivity contribution in [2.75, 3.05) is 6.54 Å². The highest BCUT2D eigenvalue weighted by Crippen LogP contribution is 2.07. The van der Waals surface area contributed by atoms with Crippen LogP contribution in [0.25, 0.3) is 4.96 Å². The predicted octanol–water partition coefficient (Wildman–Crippen LogP) is 3.24. The maximum absolute atomic E-state index is 12.1. The Morgan fingerprint density at radius 1 is 1.23 bits per heavy atom. The van der Waals surface area contributed by atoms with Crippen molar-refractivity contribution in [1.29, 1.82) is 0 Å². The van der Waals surface area contributed by atoms with Gasteiger partial charge in [0.2, 0.25) is 0 Å². The first kappa shape index (κ1) is 16.7. The maximum atomic E-state index is 12.1. The van der Waals surface area contributed by atoms with Crippen LogP contribution in [0.5, 0.6) is 0 Å². The van der Waals surface area contributed by atoms with E-state index in [1.165, 1.54) is 54.0 Å². The van der Waals surface area contributed by atoms with E-state index in [0.717, 1.165) is 12.8 Å². The normalized spacial score (nSPS) is 11.0. The van der Waals surface area contributed by atoms with Crippen molar-refractivity contribution >= 4 is 22.2 Å². The van der Waals surface area contributed by atoms with E-state index in [0.29, 0.717) is 11.5 Å². The molecule has 0 saturated carbocycles. The summed E-state index contributed by atoms with van der Waals surface area (Å²) >= 11 is 1.37. The Balaban J connectivity index is 1.75. The molecule has 0 aliphatic rings. The van der Waals surface area contributed by atoms with Crippen LogP contribution in [-0.2, 0) is 0 Å². The highest BCUT2D eigenvalue weighted by Gasteiger charge is 2.12. The Kier molecular flexibility index (Phi) is 6.58. The van der Waals surface area contributed by atoms with Crippen LogP contribution in [0.4, 0.5) is 0 Å². The molecule has 0 aliphatic carbocycles. The number of rotatable bonds is 9. The molecule has 0 aromatic carbocycles. The predicted molar refractivity (Wildman–Crippen MR) is 89.7 cm³/mol. The first-order valence-corrected chi connectivity index (χ1v) is 8.85. The van der Waals surface area contributed by atoms with Crippen molar-refractivity contribution in [2.24, 2.45) is 0 Å². The SMILES string of the molecule is CCCCCCCCCNC(=O)c1cnc2sccn2c1=O. The summed E-state index contributed by atoms with van der Waals surface area (Å²) < 4.78 is 1.41. The topological polar surface area (TPSA) is 63.5 Å². The van der Waals surface area contributed by atoms with Gasteiger partial charge in [-0.25, -0.2) is 4.98 Å². The highest BCUT2D eigenvalue weighted by atomic mass is 32.1. The second-order valence-electron chi connectivity index (χ2n) is 5.41. The summed E-state index contributed by atoms with van der Waals surface area (Å²) in [5.74, 6) is -0.330. The third kappa shape index (κ3) is 4.40. The third-order valence-electron chi connectivity index (χ3n) is 3.65. The van der Waals surface area contributed by atoms with Crippen LogP contribution in [0.2, 0.25) is 0 Å². The Morgan fingerprint density at radius 2 is 1.95 bits per heavy atom. The van der Waals surface area contributed by atoms with Gasteiger partial charge in [0.25, 0.3) is 11.5 Å². The van der Waals surface area contributed by atoms with Crippen LogP contribution in [0.3, 0.4) is 0 Å². The minimum atomic E-state index is -0.330. The molecule has 2 aromatic heterocycles. The lowest BCUT2D eigenvalue weighted by atomic mass is 10.1. The van der Waals surface area contributed by atoms with Gasteiger partial charge in [-0.15, -0.1) is 11.3 Å². The Bertz CT molecular complexity index is 663. The van der Waals surface area contributed by atoms with E-state index in [1.807, 2.05) is 0 Å². The summed E-state index contributed by atoms with van der Waals surface area (Å²) in [6, 6.07) is 0. The summed E-state index contributed by atoms with van der Waals surface area (Å²) in [6.07, 6.45) is 11.4. The molecule has 0 atom stereocenters. The third-order valence-corrected chi connectivity index (χ3v) is 4.42.